The number of hydrogen-bond acceptors (Lipinski definition) is 3. The van der Waals surface area contributed by atoms with Crippen LogP contribution in [0, 0.1) is 0 Å². The average Bonchev–Trinajstić information content (AvgIpc) is 3.71. The van der Waals surface area contributed by atoms with Gasteiger partial charge in [-0.25, -0.2) is 15.0 Å². The van der Waals surface area contributed by atoms with Gasteiger partial charge < -0.3 is 4.57 Å². The van der Waals surface area contributed by atoms with Crippen LogP contribution in [0.25, 0.3) is 72.8 Å². The lowest BCUT2D eigenvalue weighted by atomic mass is 9.86. The molecule has 11 rings (SSSR count). The summed E-state index contributed by atoms with van der Waals surface area (Å²) in [6.07, 6.45) is 0. The van der Waals surface area contributed by atoms with Gasteiger partial charge in [0.2, 0.25) is 0 Å². The van der Waals surface area contributed by atoms with Gasteiger partial charge in [-0.2, -0.15) is 0 Å². The van der Waals surface area contributed by atoms with Crippen LogP contribution >= 0.6 is 0 Å². The normalized spacial score (nSPS) is 11.9. The van der Waals surface area contributed by atoms with E-state index in [1.165, 1.54) is 37.1 Å². The third kappa shape index (κ3) is 7.24. The second-order valence-electron chi connectivity index (χ2n) is 18.0. The van der Waals surface area contributed by atoms with E-state index >= 15 is 0 Å². The smallest absolute Gasteiger partial charge is 0.179 e. The quantitative estimate of drug-likeness (QED) is 0.107. The van der Waals surface area contributed by atoms with Crippen LogP contribution in [0.3, 0.4) is 0 Å². The van der Waals surface area contributed by atoms with Crippen LogP contribution in [-0.4, -0.2) is 27.6 Å². The fourth-order valence-corrected chi connectivity index (χ4v) is 14.5. The fourth-order valence-electron chi connectivity index (χ4n) is 9.72. The van der Waals surface area contributed by atoms with E-state index in [0.29, 0.717) is 17.5 Å². The summed E-state index contributed by atoms with van der Waals surface area (Å²) in [7, 11) is -2.84. The third-order valence-electron chi connectivity index (χ3n) is 13.0. The van der Waals surface area contributed by atoms with Gasteiger partial charge in [-0.1, -0.05) is 239 Å². The lowest BCUT2D eigenvalue weighted by Gasteiger charge is -2.34. The Bertz CT molecular complexity index is 3340. The first-order valence-electron chi connectivity index (χ1n) is 22.7. The van der Waals surface area contributed by atoms with Gasteiger partial charge in [-0.3, -0.25) is 0 Å². The molecule has 11 aromatic rings. The van der Waals surface area contributed by atoms with Crippen LogP contribution in [0.4, 0.5) is 0 Å². The highest BCUT2D eigenvalue weighted by Crippen LogP contribution is 2.40. The molecule has 5 heteroatoms. The van der Waals surface area contributed by atoms with Crippen molar-refractivity contribution in [1.29, 1.82) is 0 Å². The Hall–Kier alpha value is -7.99. The van der Waals surface area contributed by atoms with Gasteiger partial charge in [0.05, 0.1) is 16.7 Å². The zero-order valence-corrected chi connectivity index (χ0v) is 38.3. The third-order valence-corrected chi connectivity index (χ3v) is 17.7. The van der Waals surface area contributed by atoms with Crippen molar-refractivity contribution in [2.75, 3.05) is 0 Å². The van der Waals surface area contributed by atoms with Crippen molar-refractivity contribution in [1.82, 2.24) is 19.5 Å². The number of para-hydroxylation sites is 1. The molecule has 0 N–H and O–H groups in total. The van der Waals surface area contributed by atoms with E-state index in [0.717, 1.165) is 44.5 Å². The maximum atomic E-state index is 5.22. The summed E-state index contributed by atoms with van der Waals surface area (Å²) >= 11 is 0. The van der Waals surface area contributed by atoms with Crippen molar-refractivity contribution in [3.05, 3.63) is 242 Å². The van der Waals surface area contributed by atoms with E-state index < -0.39 is 8.07 Å². The summed E-state index contributed by atoms with van der Waals surface area (Å²) in [6, 6.07) is 85.7. The first-order valence-corrected chi connectivity index (χ1v) is 24.7. The van der Waals surface area contributed by atoms with Crippen molar-refractivity contribution in [2.45, 2.75) is 26.2 Å². The van der Waals surface area contributed by atoms with Gasteiger partial charge in [0, 0.05) is 33.0 Å². The SMILES string of the molecule is CC(C)(C)c1ccc2c3ccccc3n(-c3cc(-c4nc(-c5ccccc5)nc(-c5ccccc5)n4)ccc3-c3cccc([Si](c4ccccc4)(c4ccccc4)c4ccccc4)c3)c2c1. The number of fused-ring (bicyclic) bond motifs is 3. The summed E-state index contributed by atoms with van der Waals surface area (Å²) in [5.41, 5.74) is 9.60. The second-order valence-corrected chi connectivity index (χ2v) is 21.8. The van der Waals surface area contributed by atoms with Gasteiger partial charge in [0.15, 0.2) is 25.5 Å². The molecule has 0 atom stereocenters. The molecule has 0 fully saturated rings. The first kappa shape index (κ1) is 40.8. The molecule has 2 heterocycles. The van der Waals surface area contributed by atoms with Crippen molar-refractivity contribution in [2.24, 2.45) is 0 Å². The summed E-state index contributed by atoms with van der Waals surface area (Å²) in [4.78, 5) is 15.5. The molecule has 4 nitrogen and oxygen atoms in total. The van der Waals surface area contributed by atoms with E-state index in [1.54, 1.807) is 0 Å². The Kier molecular flexibility index (Phi) is 10.4. The Morgan fingerprint density at radius 2 is 0.803 bits per heavy atom. The largest absolute Gasteiger partial charge is 0.309 e. The van der Waals surface area contributed by atoms with Gasteiger partial charge in [0.1, 0.15) is 0 Å². The van der Waals surface area contributed by atoms with Crippen LogP contribution in [0.1, 0.15) is 26.3 Å². The zero-order chi connectivity index (χ0) is 44.7. The van der Waals surface area contributed by atoms with Gasteiger partial charge in [-0.15, -0.1) is 0 Å². The number of rotatable bonds is 9. The summed E-state index contributed by atoms with van der Waals surface area (Å²) in [5, 5.41) is 7.75. The number of hydrogen-bond donors (Lipinski definition) is 0. The van der Waals surface area contributed by atoms with Crippen LogP contribution in [0.2, 0.25) is 0 Å². The molecule has 0 aliphatic carbocycles. The van der Waals surface area contributed by atoms with Gasteiger partial charge >= 0.3 is 0 Å². The maximum Gasteiger partial charge on any atom is 0.179 e. The number of benzene rings is 9. The van der Waals surface area contributed by atoms with Crippen molar-refractivity contribution in [3.63, 3.8) is 0 Å². The van der Waals surface area contributed by atoms with E-state index in [2.05, 4.69) is 226 Å². The predicted octanol–water partition coefficient (Wildman–Crippen LogP) is 12.3. The number of nitrogens with zero attached hydrogens (tertiary/aromatic N) is 4. The van der Waals surface area contributed by atoms with Crippen LogP contribution < -0.4 is 20.7 Å². The van der Waals surface area contributed by atoms with Gasteiger partial charge in [0.25, 0.3) is 0 Å². The molecule has 9 aromatic carbocycles. The first-order chi connectivity index (χ1) is 32.4. The van der Waals surface area contributed by atoms with E-state index in [9.17, 15) is 0 Å². The van der Waals surface area contributed by atoms with E-state index in [-0.39, 0.29) is 5.41 Å². The molecule has 0 spiro atoms. The topological polar surface area (TPSA) is 43.6 Å². The van der Waals surface area contributed by atoms with E-state index in [4.69, 9.17) is 15.0 Å². The summed E-state index contributed by atoms with van der Waals surface area (Å²) < 4.78 is 2.47. The van der Waals surface area contributed by atoms with Crippen molar-refractivity contribution in [3.8, 4) is 51.0 Å². The highest BCUT2D eigenvalue weighted by Gasteiger charge is 2.41. The highest BCUT2D eigenvalue weighted by molar-refractivity contribution is 7.19. The molecule has 0 saturated carbocycles. The van der Waals surface area contributed by atoms with E-state index in [1.807, 2.05) is 36.4 Å². The van der Waals surface area contributed by atoms with Crippen LogP contribution in [0.15, 0.2) is 237 Å². The Labute approximate surface area is 387 Å². The molecule has 2 aromatic heterocycles. The lowest BCUT2D eigenvalue weighted by molar-refractivity contribution is 0.591. The highest BCUT2D eigenvalue weighted by atomic mass is 28.3. The minimum Gasteiger partial charge on any atom is -0.309 e. The molecular weight excluding hydrogens is 817 g/mol. The average molecular weight is 865 g/mol. The van der Waals surface area contributed by atoms with Gasteiger partial charge in [-0.05, 0) is 55.5 Å². The minimum atomic E-state index is -2.84. The molecule has 66 heavy (non-hydrogen) atoms. The maximum absolute atomic E-state index is 5.22. The molecule has 0 unspecified atom stereocenters. The predicted molar refractivity (Wildman–Crippen MR) is 278 cm³/mol. The lowest BCUT2D eigenvalue weighted by Crippen LogP contribution is -2.74. The van der Waals surface area contributed by atoms with Crippen molar-refractivity contribution >= 4 is 50.6 Å². The van der Waals surface area contributed by atoms with Crippen LogP contribution in [-0.2, 0) is 5.41 Å². The van der Waals surface area contributed by atoms with Crippen molar-refractivity contribution < 1.29 is 0 Å². The molecule has 0 radical (unpaired) electrons. The molecule has 0 bridgehead atoms. The van der Waals surface area contributed by atoms with Crippen LogP contribution in [0.5, 0.6) is 0 Å². The standard InChI is InChI=1S/C61H48N4Si/c1-61(2,3)47-37-39-54-53-34-19-20-35-55(53)65(57(54)42-47)56-41-46(60-63-58(43-22-9-4-10-23-43)62-59(64-60)44-24-11-5-12-25-44)36-38-52(56)45-26-21-33-51(40-45)66(48-27-13-6-14-28-48,49-29-15-7-16-30-49)50-31-17-8-18-32-50/h4-42H,1-3H3. The summed E-state index contributed by atoms with van der Waals surface area (Å²) in [6.45, 7) is 6.86. The molecule has 316 valence electrons. The minimum absolute atomic E-state index is 0.0543. The molecular formula is C61H48N4Si. The Morgan fingerprint density at radius 3 is 1.35 bits per heavy atom. The Balaban J connectivity index is 1.21. The fraction of sp³-hybridized carbons (Fsp3) is 0.0656. The number of aromatic nitrogens is 4. The zero-order valence-electron chi connectivity index (χ0n) is 37.3. The molecule has 0 aliphatic rings. The Morgan fingerprint density at radius 1 is 0.348 bits per heavy atom. The molecule has 0 aliphatic heterocycles. The molecule has 0 saturated heterocycles. The summed E-state index contributed by atoms with van der Waals surface area (Å²) in [5.74, 6) is 1.88. The molecule has 0 amide bonds. The monoisotopic (exact) mass is 864 g/mol. The second kappa shape index (κ2) is 16.9.